The summed E-state index contributed by atoms with van der Waals surface area (Å²) < 4.78 is 14.0. The van der Waals surface area contributed by atoms with Gasteiger partial charge in [0.2, 0.25) is 0 Å². The Morgan fingerprint density at radius 2 is 1.74 bits per heavy atom. The molecule has 4 aromatic rings. The number of nitrogens with zero attached hydrogens (tertiary/aromatic N) is 2. The van der Waals surface area contributed by atoms with E-state index in [1.54, 1.807) is 0 Å². The predicted octanol–water partition coefficient (Wildman–Crippen LogP) is 6.16. The van der Waals surface area contributed by atoms with Crippen molar-refractivity contribution in [2.24, 2.45) is 0 Å². The summed E-state index contributed by atoms with van der Waals surface area (Å²) in [5.74, 6) is 2.45. The largest absolute Gasteiger partial charge is 0.494 e. The Balaban J connectivity index is 1.29. The first kappa shape index (κ1) is 27.2. The zero-order valence-corrected chi connectivity index (χ0v) is 23.2. The zero-order valence-electron chi connectivity index (χ0n) is 23.2. The minimum atomic E-state index is -0.139. The molecule has 0 radical (unpaired) electrons. The van der Waals surface area contributed by atoms with Crippen molar-refractivity contribution in [2.75, 3.05) is 19.8 Å². The van der Waals surface area contributed by atoms with Crippen LogP contribution in [0.1, 0.15) is 49.7 Å². The van der Waals surface area contributed by atoms with Gasteiger partial charge in [-0.15, -0.1) is 0 Å². The summed E-state index contributed by atoms with van der Waals surface area (Å²) >= 11 is 0. The quantitative estimate of drug-likeness (QED) is 0.244. The Morgan fingerprint density at radius 3 is 2.50 bits per heavy atom. The van der Waals surface area contributed by atoms with Gasteiger partial charge >= 0.3 is 0 Å². The van der Waals surface area contributed by atoms with E-state index in [9.17, 15) is 4.79 Å². The topological polar surface area (TPSA) is 65.4 Å². The van der Waals surface area contributed by atoms with Gasteiger partial charge in [0.1, 0.15) is 17.3 Å². The molecule has 0 spiro atoms. The third-order valence-electron chi connectivity index (χ3n) is 6.62. The Hall–Kier alpha value is -3.80. The molecule has 6 nitrogen and oxygen atoms in total. The number of ether oxygens (including phenoxy) is 2. The van der Waals surface area contributed by atoms with Crippen LogP contribution < -0.4 is 14.8 Å². The van der Waals surface area contributed by atoms with Gasteiger partial charge in [-0.25, -0.2) is 4.98 Å². The lowest BCUT2D eigenvalue weighted by molar-refractivity contribution is -0.123. The monoisotopic (exact) mass is 513 g/mol. The third-order valence-corrected chi connectivity index (χ3v) is 6.62. The van der Waals surface area contributed by atoms with Crippen molar-refractivity contribution in [3.05, 3.63) is 89.2 Å². The lowest BCUT2D eigenvalue weighted by Gasteiger charge is -2.19. The lowest BCUT2D eigenvalue weighted by atomic mass is 9.87. The average Bonchev–Trinajstić information content (AvgIpc) is 3.24. The first-order chi connectivity index (χ1) is 18.2. The molecular formula is C32H39N3O3. The lowest BCUT2D eigenvalue weighted by Crippen LogP contribution is -2.31. The number of amides is 1. The molecule has 1 amide bonds. The third kappa shape index (κ3) is 7.15. The molecule has 1 N–H and O–H groups in total. The van der Waals surface area contributed by atoms with Crippen molar-refractivity contribution in [1.29, 1.82) is 0 Å². The van der Waals surface area contributed by atoms with Crippen molar-refractivity contribution < 1.29 is 14.3 Å². The summed E-state index contributed by atoms with van der Waals surface area (Å²) in [6.45, 7) is 12.5. The van der Waals surface area contributed by atoms with Crippen LogP contribution in [0, 0.1) is 13.8 Å². The summed E-state index contributed by atoms with van der Waals surface area (Å²) in [4.78, 5) is 17.2. The first-order valence-electron chi connectivity index (χ1n) is 13.3. The highest BCUT2D eigenvalue weighted by atomic mass is 16.5. The molecule has 200 valence electrons. The van der Waals surface area contributed by atoms with Crippen molar-refractivity contribution in [2.45, 2.75) is 59.4 Å². The number of fused-ring (bicyclic) bond motifs is 1. The van der Waals surface area contributed by atoms with Crippen molar-refractivity contribution in [1.82, 2.24) is 14.9 Å². The van der Waals surface area contributed by atoms with Crippen molar-refractivity contribution in [3.8, 4) is 11.5 Å². The molecule has 3 aromatic carbocycles. The van der Waals surface area contributed by atoms with Crippen LogP contribution >= 0.6 is 0 Å². The number of carbonyl (C=O) groups is 1. The van der Waals surface area contributed by atoms with E-state index in [1.807, 2.05) is 62.4 Å². The maximum absolute atomic E-state index is 12.4. The highest BCUT2D eigenvalue weighted by Crippen LogP contribution is 2.24. The number of nitrogens with one attached hydrogen (secondary N) is 1. The van der Waals surface area contributed by atoms with Crippen LogP contribution in [0.4, 0.5) is 0 Å². The summed E-state index contributed by atoms with van der Waals surface area (Å²) in [6, 6.07) is 22.5. The summed E-state index contributed by atoms with van der Waals surface area (Å²) in [6.07, 6.45) is 1.49. The fraction of sp³-hybridized carbons (Fsp3) is 0.375. The highest BCUT2D eigenvalue weighted by Gasteiger charge is 2.14. The molecule has 0 bridgehead atoms. The zero-order chi connectivity index (χ0) is 27.1. The van der Waals surface area contributed by atoms with Crippen LogP contribution in [0.2, 0.25) is 0 Å². The van der Waals surface area contributed by atoms with E-state index in [0.717, 1.165) is 52.4 Å². The second kappa shape index (κ2) is 12.2. The molecule has 4 rings (SSSR count). The molecule has 1 aromatic heterocycles. The normalized spacial score (nSPS) is 11.5. The van der Waals surface area contributed by atoms with Crippen LogP contribution in [0.5, 0.6) is 11.5 Å². The fourth-order valence-corrected chi connectivity index (χ4v) is 4.40. The molecule has 0 aliphatic carbocycles. The molecular weight excluding hydrogens is 474 g/mol. The minimum absolute atomic E-state index is 0.00518. The smallest absolute Gasteiger partial charge is 0.257 e. The van der Waals surface area contributed by atoms with Crippen LogP contribution in [-0.4, -0.2) is 35.2 Å². The van der Waals surface area contributed by atoms with E-state index >= 15 is 0 Å². The van der Waals surface area contributed by atoms with Gasteiger partial charge in [-0.05, 0) is 72.7 Å². The van der Waals surface area contributed by atoms with Crippen LogP contribution in [0.3, 0.4) is 0 Å². The summed E-state index contributed by atoms with van der Waals surface area (Å²) in [5, 5.41) is 2.97. The number of rotatable bonds is 11. The summed E-state index contributed by atoms with van der Waals surface area (Å²) in [5.41, 5.74) is 5.61. The number of carbonyl (C=O) groups excluding carboxylic acids is 1. The molecule has 0 fully saturated rings. The van der Waals surface area contributed by atoms with Crippen LogP contribution in [0.25, 0.3) is 11.0 Å². The Bertz CT molecular complexity index is 1370. The van der Waals surface area contributed by atoms with E-state index in [4.69, 9.17) is 14.5 Å². The standard InChI is InChI=1S/C32H39N3O3/c1-23-11-12-24(2)29(21-23)38-22-31(36)33-18-17-30-34-27-9-6-7-10-28(27)35(30)19-8-20-37-26-15-13-25(14-16-26)32(3,4)5/h6-7,9-16,21H,8,17-20,22H2,1-5H3,(H,33,36). The number of aromatic nitrogens is 2. The Labute approximate surface area is 226 Å². The fourth-order valence-electron chi connectivity index (χ4n) is 4.40. The van der Waals surface area contributed by atoms with Gasteiger partial charge in [0.15, 0.2) is 6.61 Å². The molecule has 0 aliphatic heterocycles. The number of hydrogen-bond acceptors (Lipinski definition) is 4. The van der Waals surface area contributed by atoms with Gasteiger partial charge in [-0.3, -0.25) is 4.79 Å². The number of para-hydroxylation sites is 2. The molecule has 38 heavy (non-hydrogen) atoms. The second-order valence-electron chi connectivity index (χ2n) is 10.8. The van der Waals surface area contributed by atoms with Crippen molar-refractivity contribution >= 4 is 16.9 Å². The van der Waals surface area contributed by atoms with E-state index in [1.165, 1.54) is 5.56 Å². The second-order valence-corrected chi connectivity index (χ2v) is 10.8. The van der Waals surface area contributed by atoms with Crippen LogP contribution in [-0.2, 0) is 23.2 Å². The maximum Gasteiger partial charge on any atom is 0.257 e. The van der Waals surface area contributed by atoms with Gasteiger partial charge in [-0.2, -0.15) is 0 Å². The van der Waals surface area contributed by atoms with E-state index in [0.29, 0.717) is 19.6 Å². The maximum atomic E-state index is 12.4. The van der Waals surface area contributed by atoms with Gasteiger partial charge in [0, 0.05) is 19.5 Å². The van der Waals surface area contributed by atoms with Gasteiger partial charge < -0.3 is 19.4 Å². The van der Waals surface area contributed by atoms with Crippen molar-refractivity contribution in [3.63, 3.8) is 0 Å². The number of aryl methyl sites for hydroxylation is 3. The SMILES string of the molecule is Cc1ccc(C)c(OCC(=O)NCCc2nc3ccccc3n2CCCOc2ccc(C(C)(C)C)cc2)c1. The average molecular weight is 514 g/mol. The minimum Gasteiger partial charge on any atom is -0.494 e. The Morgan fingerprint density at radius 1 is 0.974 bits per heavy atom. The molecule has 0 aliphatic rings. The molecule has 6 heteroatoms. The molecule has 0 saturated heterocycles. The van der Waals surface area contributed by atoms with Gasteiger partial charge in [-0.1, -0.05) is 57.2 Å². The van der Waals surface area contributed by atoms with Crippen LogP contribution in [0.15, 0.2) is 66.7 Å². The molecule has 0 unspecified atom stereocenters. The molecule has 0 saturated carbocycles. The van der Waals surface area contributed by atoms with E-state index in [-0.39, 0.29) is 17.9 Å². The van der Waals surface area contributed by atoms with E-state index in [2.05, 4.69) is 48.9 Å². The predicted molar refractivity (Wildman–Crippen MR) is 153 cm³/mol. The molecule has 1 heterocycles. The number of hydrogen-bond donors (Lipinski definition) is 1. The van der Waals surface area contributed by atoms with E-state index < -0.39 is 0 Å². The molecule has 0 atom stereocenters. The number of imidazole rings is 1. The van der Waals surface area contributed by atoms with Gasteiger partial charge in [0.05, 0.1) is 17.6 Å². The number of benzene rings is 3. The first-order valence-corrected chi connectivity index (χ1v) is 13.3. The Kier molecular flexibility index (Phi) is 8.72. The van der Waals surface area contributed by atoms with Gasteiger partial charge in [0.25, 0.3) is 5.91 Å². The highest BCUT2D eigenvalue weighted by molar-refractivity contribution is 5.78. The summed E-state index contributed by atoms with van der Waals surface area (Å²) in [7, 11) is 0.